The van der Waals surface area contributed by atoms with E-state index in [1.807, 2.05) is 76.9 Å². The molecule has 5 rings (SSSR count). The van der Waals surface area contributed by atoms with E-state index in [0.717, 1.165) is 39.2 Å². The van der Waals surface area contributed by atoms with Gasteiger partial charge in [-0.05, 0) is 63.9 Å². The molecule has 0 fully saturated rings. The van der Waals surface area contributed by atoms with E-state index in [2.05, 4.69) is 35.8 Å². The van der Waals surface area contributed by atoms with Gasteiger partial charge in [0, 0.05) is 30.9 Å². The van der Waals surface area contributed by atoms with Crippen molar-refractivity contribution in [3.8, 4) is 11.4 Å². The van der Waals surface area contributed by atoms with Crippen molar-refractivity contribution in [2.45, 2.75) is 59.9 Å². The van der Waals surface area contributed by atoms with Gasteiger partial charge in [0.1, 0.15) is 5.82 Å². The number of anilines is 1. The molecule has 0 aliphatic carbocycles. The van der Waals surface area contributed by atoms with Crippen LogP contribution in [0.2, 0.25) is 0 Å². The second-order valence-corrected chi connectivity index (χ2v) is 9.75. The van der Waals surface area contributed by atoms with Gasteiger partial charge in [0.25, 0.3) is 5.56 Å². The van der Waals surface area contributed by atoms with Gasteiger partial charge in [-0.2, -0.15) is 0 Å². The molecule has 0 spiro atoms. The highest BCUT2D eigenvalue weighted by molar-refractivity contribution is 6.09. The van der Waals surface area contributed by atoms with Crippen LogP contribution in [0.15, 0.2) is 59.5 Å². The Hall–Kier alpha value is -3.67. The summed E-state index contributed by atoms with van der Waals surface area (Å²) in [5.74, 6) is 0.926. The first-order valence-corrected chi connectivity index (χ1v) is 12.8. The Bertz CT molecular complexity index is 1470. The molecule has 1 unspecified atom stereocenters. The number of aromatic nitrogens is 3. The van der Waals surface area contributed by atoms with E-state index in [1.54, 1.807) is 11.6 Å². The zero-order valence-corrected chi connectivity index (χ0v) is 22.6. The first-order chi connectivity index (χ1) is 17.1. The van der Waals surface area contributed by atoms with Crippen LogP contribution in [0, 0.1) is 6.92 Å². The predicted octanol–water partition coefficient (Wildman–Crippen LogP) is 5.99. The normalized spacial score (nSPS) is 15.0. The van der Waals surface area contributed by atoms with Gasteiger partial charge in [0.15, 0.2) is 0 Å². The van der Waals surface area contributed by atoms with E-state index in [1.165, 1.54) is 0 Å². The monoisotopic (exact) mass is 484 g/mol. The molecule has 0 saturated heterocycles. The maximum atomic E-state index is 13.1. The van der Waals surface area contributed by atoms with Gasteiger partial charge in [-0.3, -0.25) is 9.59 Å². The van der Waals surface area contributed by atoms with E-state index < -0.39 is 5.41 Å². The van der Waals surface area contributed by atoms with Crippen molar-refractivity contribution in [2.75, 3.05) is 11.4 Å². The molecule has 4 aromatic rings. The standard InChI is InChI=1S/C28H30N4O2.C2H6/c1-7-31-23-15-24-22(14-21(23)28(4,5)27(31)34)29-25(20-13-17(2)26(33)30(6)16-20)32(24)18(3)19-11-9-8-10-12-19;1-2/h8-16,18H,7H2,1-6H3;1-2H3. The molecule has 0 radical (unpaired) electrons. The zero-order valence-electron chi connectivity index (χ0n) is 22.6. The maximum Gasteiger partial charge on any atom is 0.253 e. The number of hydrogen-bond donors (Lipinski definition) is 0. The second kappa shape index (κ2) is 9.41. The Kier molecular flexibility index (Phi) is 6.65. The minimum Gasteiger partial charge on any atom is -0.318 e. The molecule has 0 N–H and O–H groups in total. The molecule has 1 atom stereocenters. The Morgan fingerprint density at radius 3 is 2.31 bits per heavy atom. The number of fused-ring (bicyclic) bond motifs is 2. The number of imidazole rings is 1. The van der Waals surface area contributed by atoms with E-state index in [4.69, 9.17) is 4.98 Å². The van der Waals surface area contributed by atoms with Crippen LogP contribution in [0.5, 0.6) is 0 Å². The summed E-state index contributed by atoms with van der Waals surface area (Å²) < 4.78 is 3.84. The lowest BCUT2D eigenvalue weighted by Gasteiger charge is -2.20. The van der Waals surface area contributed by atoms with Gasteiger partial charge < -0.3 is 14.0 Å². The maximum absolute atomic E-state index is 13.1. The fraction of sp³-hybridized carbons (Fsp3) is 0.367. The number of hydrogen-bond acceptors (Lipinski definition) is 3. The minimum absolute atomic E-state index is 0.00279. The molecule has 6 heteroatoms. The molecule has 2 aromatic carbocycles. The van der Waals surface area contributed by atoms with Crippen LogP contribution in [-0.4, -0.2) is 26.6 Å². The highest BCUT2D eigenvalue weighted by Gasteiger charge is 2.44. The molecule has 36 heavy (non-hydrogen) atoms. The van der Waals surface area contributed by atoms with Crippen LogP contribution in [0.4, 0.5) is 5.69 Å². The van der Waals surface area contributed by atoms with E-state index >= 15 is 0 Å². The Morgan fingerprint density at radius 2 is 1.69 bits per heavy atom. The van der Waals surface area contributed by atoms with Gasteiger partial charge in [0.2, 0.25) is 5.91 Å². The number of aryl methyl sites for hydroxylation is 2. The summed E-state index contributed by atoms with van der Waals surface area (Å²) in [6.07, 6.45) is 1.85. The number of benzene rings is 2. The summed E-state index contributed by atoms with van der Waals surface area (Å²) in [6.45, 7) is 14.6. The van der Waals surface area contributed by atoms with Gasteiger partial charge >= 0.3 is 0 Å². The first kappa shape index (κ1) is 25.4. The number of carbonyl (C=O) groups is 1. The molecule has 0 bridgehead atoms. The lowest BCUT2D eigenvalue weighted by atomic mass is 9.86. The topological polar surface area (TPSA) is 60.1 Å². The van der Waals surface area contributed by atoms with Gasteiger partial charge in [0.05, 0.1) is 28.2 Å². The van der Waals surface area contributed by atoms with Crippen molar-refractivity contribution < 1.29 is 4.79 Å². The van der Waals surface area contributed by atoms with Gasteiger partial charge in [-0.25, -0.2) is 4.98 Å². The van der Waals surface area contributed by atoms with Crippen LogP contribution >= 0.6 is 0 Å². The molecule has 1 aliphatic heterocycles. The number of likely N-dealkylation sites (N-methyl/N-ethyl adjacent to an activating group) is 1. The summed E-state index contributed by atoms with van der Waals surface area (Å²) in [5.41, 5.74) is 5.90. The van der Waals surface area contributed by atoms with E-state index in [0.29, 0.717) is 12.1 Å². The lowest BCUT2D eigenvalue weighted by Crippen LogP contribution is -2.35. The fourth-order valence-electron chi connectivity index (χ4n) is 5.21. The molecular formula is C30H36N4O2. The van der Waals surface area contributed by atoms with Gasteiger partial charge in [-0.1, -0.05) is 44.2 Å². The molecule has 6 nitrogen and oxygen atoms in total. The Labute approximate surface area is 213 Å². The first-order valence-electron chi connectivity index (χ1n) is 12.8. The molecule has 2 aromatic heterocycles. The smallest absolute Gasteiger partial charge is 0.253 e. The van der Waals surface area contributed by atoms with Crippen LogP contribution < -0.4 is 10.5 Å². The number of carbonyl (C=O) groups excluding carboxylic acids is 1. The number of nitrogens with zero attached hydrogens (tertiary/aromatic N) is 4. The number of amides is 1. The summed E-state index contributed by atoms with van der Waals surface area (Å²) in [7, 11) is 1.77. The molecular weight excluding hydrogens is 448 g/mol. The van der Waals surface area contributed by atoms with Gasteiger partial charge in [-0.15, -0.1) is 0 Å². The SMILES string of the molecule is CC.CCN1C(=O)C(C)(C)c2cc3nc(-c4cc(C)c(=O)n(C)c4)n(C(C)c4ccccc4)c3cc21. The highest BCUT2D eigenvalue weighted by Crippen LogP contribution is 2.44. The summed E-state index contributed by atoms with van der Waals surface area (Å²) in [5, 5.41) is 0. The molecule has 1 aliphatic rings. The van der Waals surface area contributed by atoms with Crippen molar-refractivity contribution in [1.82, 2.24) is 14.1 Å². The lowest BCUT2D eigenvalue weighted by molar-refractivity contribution is -0.122. The predicted molar refractivity (Wildman–Crippen MR) is 148 cm³/mol. The second-order valence-electron chi connectivity index (χ2n) is 9.75. The highest BCUT2D eigenvalue weighted by atomic mass is 16.2. The molecule has 3 heterocycles. The largest absolute Gasteiger partial charge is 0.318 e. The van der Waals surface area contributed by atoms with Crippen LogP contribution in [0.3, 0.4) is 0 Å². The third-order valence-electron chi connectivity index (χ3n) is 7.16. The molecule has 1 amide bonds. The quantitative estimate of drug-likeness (QED) is 0.357. The number of rotatable bonds is 4. The molecule has 188 valence electrons. The van der Waals surface area contributed by atoms with Crippen molar-refractivity contribution in [2.24, 2.45) is 7.05 Å². The Balaban J connectivity index is 0.00000148. The third-order valence-corrected chi connectivity index (χ3v) is 7.16. The van der Waals surface area contributed by atoms with Crippen LogP contribution in [0.1, 0.15) is 64.3 Å². The van der Waals surface area contributed by atoms with Crippen molar-refractivity contribution in [3.05, 3.63) is 81.8 Å². The van der Waals surface area contributed by atoms with E-state index in [9.17, 15) is 9.59 Å². The fourth-order valence-corrected chi connectivity index (χ4v) is 5.21. The minimum atomic E-state index is -0.595. The summed E-state index contributed by atoms with van der Waals surface area (Å²) in [6, 6.07) is 16.4. The summed E-state index contributed by atoms with van der Waals surface area (Å²) in [4.78, 5) is 32.4. The van der Waals surface area contributed by atoms with Crippen molar-refractivity contribution in [3.63, 3.8) is 0 Å². The van der Waals surface area contributed by atoms with Crippen molar-refractivity contribution >= 4 is 22.6 Å². The average molecular weight is 485 g/mol. The van der Waals surface area contributed by atoms with Crippen molar-refractivity contribution in [1.29, 1.82) is 0 Å². The Morgan fingerprint density at radius 1 is 1.03 bits per heavy atom. The van der Waals surface area contributed by atoms with Crippen LogP contribution in [-0.2, 0) is 17.3 Å². The summed E-state index contributed by atoms with van der Waals surface area (Å²) >= 11 is 0. The third kappa shape index (κ3) is 3.85. The average Bonchev–Trinajstić information content (AvgIpc) is 3.34. The molecule has 0 saturated carbocycles. The number of pyridine rings is 1. The van der Waals surface area contributed by atoms with Crippen LogP contribution in [0.25, 0.3) is 22.4 Å². The van der Waals surface area contributed by atoms with E-state index in [-0.39, 0.29) is 17.5 Å². The zero-order chi connectivity index (χ0) is 26.4.